The second-order valence-electron chi connectivity index (χ2n) is 16.9. The average Bonchev–Trinajstić information content (AvgIpc) is 3.54. The predicted molar refractivity (Wildman–Crippen MR) is 255 cm³/mol. The summed E-state index contributed by atoms with van der Waals surface area (Å²) < 4.78 is 0. The molecule has 0 saturated heterocycles. The van der Waals surface area contributed by atoms with Gasteiger partial charge in [-0.05, 0) is 123 Å². The minimum absolute atomic E-state index is 0.0164. The molecule has 1 aliphatic rings. The second-order valence-corrected chi connectivity index (χ2v) is 16.9. The molecule has 60 heavy (non-hydrogen) atoms. The van der Waals surface area contributed by atoms with Crippen LogP contribution in [-0.2, 0) is 11.8 Å². The van der Waals surface area contributed by atoms with Crippen molar-refractivity contribution < 1.29 is 0 Å². The second kappa shape index (κ2) is 14.5. The summed E-state index contributed by atoms with van der Waals surface area (Å²) in [5, 5.41) is 5.05. The first-order valence-corrected chi connectivity index (χ1v) is 21.1. The van der Waals surface area contributed by atoms with E-state index in [1.165, 1.54) is 111 Å². The van der Waals surface area contributed by atoms with Crippen LogP contribution in [0, 0.1) is 0 Å². The largest absolute Gasteiger partial charge is 0.0622 e. The molecule has 0 aromatic heterocycles. The number of fused-ring (bicyclic) bond motifs is 5. The highest BCUT2D eigenvalue weighted by atomic mass is 14.4. The molecule has 0 bridgehead atoms. The van der Waals surface area contributed by atoms with Gasteiger partial charge in [-0.1, -0.05) is 226 Å². The van der Waals surface area contributed by atoms with E-state index in [9.17, 15) is 0 Å². The summed E-state index contributed by atoms with van der Waals surface area (Å²) in [6, 6.07) is 80.8. The molecule has 0 N–H and O–H groups in total. The molecule has 11 rings (SSSR count). The summed E-state index contributed by atoms with van der Waals surface area (Å²) >= 11 is 0. The zero-order valence-corrected chi connectivity index (χ0v) is 34.0. The quantitative estimate of drug-likeness (QED) is 0.152. The highest BCUT2D eigenvalue weighted by Crippen LogP contribution is 2.49. The average molecular weight is 765 g/mol. The fraction of sp³-hybridized carbons (Fsp3) is 0.0667. The van der Waals surface area contributed by atoms with Gasteiger partial charge in [-0.25, -0.2) is 0 Å². The summed E-state index contributed by atoms with van der Waals surface area (Å²) in [5.74, 6) is 0. The maximum Gasteiger partial charge on any atom is 0.0159 e. The third-order valence-electron chi connectivity index (χ3n) is 13.0. The molecule has 0 amide bonds. The van der Waals surface area contributed by atoms with Crippen molar-refractivity contribution in [1.82, 2.24) is 0 Å². The van der Waals surface area contributed by atoms with Gasteiger partial charge in [0.25, 0.3) is 0 Å². The van der Waals surface area contributed by atoms with Crippen LogP contribution in [0.1, 0.15) is 36.1 Å². The lowest BCUT2D eigenvalue weighted by Gasteiger charge is -2.22. The van der Waals surface area contributed by atoms with E-state index in [1.54, 1.807) is 0 Å². The Morgan fingerprint density at radius 2 is 0.633 bits per heavy atom. The lowest BCUT2D eigenvalue weighted by molar-refractivity contribution is 0.660. The van der Waals surface area contributed by atoms with Gasteiger partial charge in [-0.15, -0.1) is 0 Å². The third kappa shape index (κ3) is 6.16. The first kappa shape index (κ1) is 35.8. The van der Waals surface area contributed by atoms with Crippen LogP contribution >= 0.6 is 0 Å². The van der Waals surface area contributed by atoms with Crippen LogP contribution in [0.2, 0.25) is 0 Å². The predicted octanol–water partition coefficient (Wildman–Crippen LogP) is 16.2. The molecular weight excluding hydrogens is 721 g/mol. The number of benzene rings is 10. The van der Waals surface area contributed by atoms with Gasteiger partial charge in [0.15, 0.2) is 0 Å². The van der Waals surface area contributed by atoms with Crippen LogP contribution in [0.3, 0.4) is 0 Å². The first-order valence-electron chi connectivity index (χ1n) is 21.1. The molecular formula is C60H44. The molecule has 0 radical (unpaired) electrons. The highest BCUT2D eigenvalue weighted by Gasteiger charge is 2.35. The van der Waals surface area contributed by atoms with Crippen LogP contribution in [0.25, 0.3) is 88.3 Å². The fourth-order valence-electron chi connectivity index (χ4n) is 9.78. The van der Waals surface area contributed by atoms with E-state index >= 15 is 0 Å². The Bertz CT molecular complexity index is 3200. The van der Waals surface area contributed by atoms with Crippen LogP contribution in [-0.4, -0.2) is 0 Å². The zero-order valence-electron chi connectivity index (χ0n) is 34.0. The SMILES string of the molecule is CC1(C)c2ccccc2-c2ccc(-c3ccc(-c4ccc(-c5ccc(-c6ccc(Cc7ccc(-c8ccccc8)cc7)cc6)c6ccccc56)c5ccccc45)cc3)cc21. The van der Waals surface area contributed by atoms with Crippen molar-refractivity contribution in [3.8, 4) is 66.8 Å². The molecule has 0 spiro atoms. The molecule has 0 saturated carbocycles. The van der Waals surface area contributed by atoms with E-state index in [1.807, 2.05) is 0 Å². The Labute approximate surface area is 353 Å². The Hall–Kier alpha value is -7.28. The lowest BCUT2D eigenvalue weighted by Crippen LogP contribution is -2.14. The Morgan fingerprint density at radius 3 is 1.22 bits per heavy atom. The van der Waals surface area contributed by atoms with Crippen LogP contribution in [0.15, 0.2) is 218 Å². The van der Waals surface area contributed by atoms with Crippen LogP contribution < -0.4 is 0 Å². The molecule has 0 heteroatoms. The van der Waals surface area contributed by atoms with Crippen LogP contribution in [0.5, 0.6) is 0 Å². The van der Waals surface area contributed by atoms with Crippen molar-refractivity contribution in [1.29, 1.82) is 0 Å². The fourth-order valence-corrected chi connectivity index (χ4v) is 9.78. The summed E-state index contributed by atoms with van der Waals surface area (Å²) in [6.45, 7) is 4.70. The van der Waals surface area contributed by atoms with Crippen molar-refractivity contribution >= 4 is 21.5 Å². The van der Waals surface area contributed by atoms with Gasteiger partial charge in [0, 0.05) is 5.41 Å². The van der Waals surface area contributed by atoms with Gasteiger partial charge in [-0.3, -0.25) is 0 Å². The van der Waals surface area contributed by atoms with Crippen molar-refractivity contribution in [3.63, 3.8) is 0 Å². The van der Waals surface area contributed by atoms with E-state index in [4.69, 9.17) is 0 Å². The molecule has 1 aliphatic carbocycles. The minimum atomic E-state index is -0.0164. The number of rotatable bonds is 7. The summed E-state index contributed by atoms with van der Waals surface area (Å²) in [7, 11) is 0. The molecule has 0 unspecified atom stereocenters. The highest BCUT2D eigenvalue weighted by molar-refractivity contribution is 6.12. The molecule has 0 aliphatic heterocycles. The molecule has 0 nitrogen and oxygen atoms in total. The maximum absolute atomic E-state index is 2.41. The number of hydrogen-bond acceptors (Lipinski definition) is 0. The van der Waals surface area contributed by atoms with Gasteiger partial charge in [0.05, 0.1) is 0 Å². The molecule has 284 valence electrons. The van der Waals surface area contributed by atoms with Crippen molar-refractivity contribution in [2.24, 2.45) is 0 Å². The van der Waals surface area contributed by atoms with Crippen LogP contribution in [0.4, 0.5) is 0 Å². The Kier molecular flexibility index (Phi) is 8.68. The van der Waals surface area contributed by atoms with Gasteiger partial charge in [0.2, 0.25) is 0 Å². The van der Waals surface area contributed by atoms with Crippen molar-refractivity contribution in [2.45, 2.75) is 25.7 Å². The van der Waals surface area contributed by atoms with Gasteiger partial charge >= 0.3 is 0 Å². The van der Waals surface area contributed by atoms with Gasteiger partial charge < -0.3 is 0 Å². The van der Waals surface area contributed by atoms with Gasteiger partial charge in [0.1, 0.15) is 0 Å². The van der Waals surface area contributed by atoms with E-state index in [-0.39, 0.29) is 5.41 Å². The topological polar surface area (TPSA) is 0 Å². The summed E-state index contributed by atoms with van der Waals surface area (Å²) in [6.07, 6.45) is 0.908. The normalized spacial score (nSPS) is 12.7. The summed E-state index contributed by atoms with van der Waals surface area (Å²) in [4.78, 5) is 0. The Balaban J connectivity index is 0.884. The van der Waals surface area contributed by atoms with E-state index < -0.39 is 0 Å². The first-order chi connectivity index (χ1) is 29.5. The van der Waals surface area contributed by atoms with Crippen molar-refractivity contribution in [2.75, 3.05) is 0 Å². The monoisotopic (exact) mass is 764 g/mol. The smallest absolute Gasteiger partial charge is 0.0159 e. The van der Waals surface area contributed by atoms with Crippen molar-refractivity contribution in [3.05, 3.63) is 241 Å². The summed E-state index contributed by atoms with van der Waals surface area (Å²) in [5.41, 5.74) is 20.6. The molecule has 0 heterocycles. The minimum Gasteiger partial charge on any atom is -0.0622 e. The van der Waals surface area contributed by atoms with E-state index in [0.717, 1.165) is 6.42 Å². The Morgan fingerprint density at radius 1 is 0.267 bits per heavy atom. The van der Waals surface area contributed by atoms with E-state index in [2.05, 4.69) is 232 Å². The molecule has 10 aromatic carbocycles. The third-order valence-corrected chi connectivity index (χ3v) is 13.0. The molecule has 0 fully saturated rings. The maximum atomic E-state index is 2.41. The number of hydrogen-bond donors (Lipinski definition) is 0. The molecule has 10 aromatic rings. The zero-order chi connectivity index (χ0) is 40.2. The standard InChI is InChI=1S/C60H44/c1-60(2)58-19-11-10-18-56(58)57-33-32-47(39-59(57)60)44-28-30-46(31-29-44)49-35-37-55(53-17-9-7-15-51(49)53)54-36-34-48(50-14-6-8-16-52(50)54)45-26-22-41(23-27-45)38-40-20-24-43(25-21-40)42-12-4-3-5-13-42/h3-37,39H,38H2,1-2H3. The van der Waals surface area contributed by atoms with E-state index in [0.29, 0.717) is 0 Å². The van der Waals surface area contributed by atoms with Gasteiger partial charge in [-0.2, -0.15) is 0 Å². The molecule has 0 atom stereocenters. The lowest BCUT2D eigenvalue weighted by atomic mass is 9.81.